The number of thioether (sulfide) groups is 1. The first-order chi connectivity index (χ1) is 12.8. The first-order valence-electron chi connectivity index (χ1n) is 7.68. The van der Waals surface area contributed by atoms with E-state index in [1.54, 1.807) is 6.07 Å². The third-order valence-electron chi connectivity index (χ3n) is 3.81. The SMILES string of the molecule is O=C([O-])c1cccc(N[C@@H]2SC(=O)N(Cc3ccc([N+](=O)[O-])cc3)C2=O)c1. The molecule has 0 aliphatic carbocycles. The fourth-order valence-electron chi connectivity index (χ4n) is 2.47. The van der Waals surface area contributed by atoms with Crippen LogP contribution in [0.2, 0.25) is 0 Å². The molecule has 2 aromatic carbocycles. The van der Waals surface area contributed by atoms with Crippen molar-refractivity contribution in [2.24, 2.45) is 0 Å². The number of carbonyl (C=O) groups is 3. The smallest absolute Gasteiger partial charge is 0.291 e. The molecule has 10 heteroatoms. The van der Waals surface area contributed by atoms with Crippen molar-refractivity contribution >= 4 is 40.3 Å². The van der Waals surface area contributed by atoms with E-state index in [0.717, 1.165) is 16.7 Å². The molecule has 1 heterocycles. The summed E-state index contributed by atoms with van der Waals surface area (Å²) >= 11 is 0.773. The number of hydrogen-bond acceptors (Lipinski definition) is 8. The number of nitro benzene ring substituents is 1. The number of nitro groups is 1. The Labute approximate surface area is 157 Å². The molecule has 1 saturated heterocycles. The van der Waals surface area contributed by atoms with Gasteiger partial charge in [0.1, 0.15) is 0 Å². The Hall–Kier alpha value is -3.40. The largest absolute Gasteiger partial charge is 0.545 e. The fourth-order valence-corrected chi connectivity index (χ4v) is 3.38. The molecule has 0 unspecified atom stereocenters. The Balaban J connectivity index is 1.70. The van der Waals surface area contributed by atoms with Crippen molar-refractivity contribution < 1.29 is 24.4 Å². The number of anilines is 1. The molecule has 27 heavy (non-hydrogen) atoms. The highest BCUT2D eigenvalue weighted by atomic mass is 32.2. The quantitative estimate of drug-likeness (QED) is 0.584. The van der Waals surface area contributed by atoms with Gasteiger partial charge in [-0.05, 0) is 35.0 Å². The molecule has 1 aliphatic heterocycles. The van der Waals surface area contributed by atoms with Crippen LogP contribution in [0.25, 0.3) is 0 Å². The Morgan fingerprint density at radius 1 is 1.19 bits per heavy atom. The number of carbonyl (C=O) groups excluding carboxylic acids is 3. The average Bonchev–Trinajstić information content (AvgIpc) is 2.90. The first-order valence-corrected chi connectivity index (χ1v) is 8.56. The second-order valence-corrected chi connectivity index (χ2v) is 6.68. The first kappa shape index (κ1) is 18.4. The minimum Gasteiger partial charge on any atom is -0.545 e. The van der Waals surface area contributed by atoms with Crippen molar-refractivity contribution in [3.05, 3.63) is 69.8 Å². The van der Waals surface area contributed by atoms with Crippen molar-refractivity contribution in [1.29, 1.82) is 0 Å². The molecule has 3 rings (SSSR count). The van der Waals surface area contributed by atoms with Crippen LogP contribution in [0.1, 0.15) is 15.9 Å². The van der Waals surface area contributed by atoms with Gasteiger partial charge in [-0.3, -0.25) is 24.6 Å². The number of carboxylic acids is 1. The summed E-state index contributed by atoms with van der Waals surface area (Å²) in [7, 11) is 0. The number of rotatable bonds is 6. The predicted molar refractivity (Wildman–Crippen MR) is 94.8 cm³/mol. The van der Waals surface area contributed by atoms with E-state index in [4.69, 9.17) is 0 Å². The number of carboxylic acid groups (broad SMARTS) is 1. The van der Waals surface area contributed by atoms with Gasteiger partial charge in [0.05, 0.1) is 17.4 Å². The van der Waals surface area contributed by atoms with Gasteiger partial charge in [-0.15, -0.1) is 0 Å². The topological polar surface area (TPSA) is 133 Å². The number of nitrogens with zero attached hydrogens (tertiary/aromatic N) is 2. The highest BCUT2D eigenvalue weighted by Gasteiger charge is 2.39. The lowest BCUT2D eigenvalue weighted by Crippen LogP contribution is -2.34. The van der Waals surface area contributed by atoms with Crippen LogP contribution < -0.4 is 10.4 Å². The zero-order valence-electron chi connectivity index (χ0n) is 13.7. The maximum Gasteiger partial charge on any atom is 0.291 e. The number of hydrogen-bond donors (Lipinski definition) is 1. The van der Waals surface area contributed by atoms with Gasteiger partial charge in [0, 0.05) is 17.8 Å². The summed E-state index contributed by atoms with van der Waals surface area (Å²) in [5, 5.41) is 23.1. The van der Waals surface area contributed by atoms with Gasteiger partial charge >= 0.3 is 0 Å². The summed E-state index contributed by atoms with van der Waals surface area (Å²) in [6, 6.07) is 11.3. The van der Waals surface area contributed by atoms with E-state index >= 15 is 0 Å². The molecule has 1 aliphatic rings. The van der Waals surface area contributed by atoms with Crippen LogP contribution in [0.5, 0.6) is 0 Å². The van der Waals surface area contributed by atoms with Gasteiger partial charge in [-0.2, -0.15) is 0 Å². The van der Waals surface area contributed by atoms with Gasteiger partial charge in [-0.25, -0.2) is 0 Å². The van der Waals surface area contributed by atoms with E-state index in [9.17, 15) is 29.6 Å². The summed E-state index contributed by atoms with van der Waals surface area (Å²) in [5.74, 6) is -1.83. The van der Waals surface area contributed by atoms with Gasteiger partial charge in [-0.1, -0.05) is 24.3 Å². The van der Waals surface area contributed by atoms with Gasteiger partial charge in [0.15, 0.2) is 5.37 Å². The van der Waals surface area contributed by atoms with E-state index in [1.807, 2.05) is 0 Å². The normalized spacial score (nSPS) is 16.4. The van der Waals surface area contributed by atoms with Gasteiger partial charge < -0.3 is 15.2 Å². The molecule has 2 aromatic rings. The van der Waals surface area contributed by atoms with Crippen molar-refractivity contribution in [2.75, 3.05) is 5.32 Å². The molecule has 0 bridgehead atoms. The minimum atomic E-state index is -1.35. The minimum absolute atomic E-state index is 0.0140. The molecule has 0 spiro atoms. The second kappa shape index (κ2) is 7.46. The number of imide groups is 1. The lowest BCUT2D eigenvalue weighted by atomic mass is 10.2. The zero-order valence-corrected chi connectivity index (χ0v) is 14.5. The molecule has 138 valence electrons. The number of non-ortho nitro benzene ring substituents is 1. The van der Waals surface area contributed by atoms with Crippen LogP contribution in [0.15, 0.2) is 48.5 Å². The third-order valence-corrected chi connectivity index (χ3v) is 4.79. The van der Waals surface area contributed by atoms with Crippen LogP contribution in [-0.2, 0) is 11.3 Å². The van der Waals surface area contributed by atoms with Crippen LogP contribution >= 0.6 is 11.8 Å². The van der Waals surface area contributed by atoms with Crippen LogP contribution in [-0.4, -0.2) is 32.3 Å². The number of aromatic carboxylic acids is 1. The van der Waals surface area contributed by atoms with E-state index < -0.39 is 27.4 Å². The van der Waals surface area contributed by atoms with Crippen LogP contribution in [0.4, 0.5) is 16.2 Å². The molecule has 0 aromatic heterocycles. The van der Waals surface area contributed by atoms with E-state index in [2.05, 4.69) is 5.32 Å². The fraction of sp³-hybridized carbons (Fsp3) is 0.118. The summed E-state index contributed by atoms with van der Waals surface area (Å²) in [4.78, 5) is 46.7. The zero-order chi connectivity index (χ0) is 19.6. The lowest BCUT2D eigenvalue weighted by Gasteiger charge is -2.15. The van der Waals surface area contributed by atoms with E-state index in [0.29, 0.717) is 11.3 Å². The maximum absolute atomic E-state index is 12.5. The highest BCUT2D eigenvalue weighted by molar-refractivity contribution is 8.15. The summed E-state index contributed by atoms with van der Waals surface area (Å²) < 4.78 is 0. The Kier molecular flexibility index (Phi) is 5.08. The van der Waals surface area contributed by atoms with Crippen LogP contribution in [0, 0.1) is 10.1 Å². The van der Waals surface area contributed by atoms with Crippen molar-refractivity contribution in [1.82, 2.24) is 4.90 Å². The number of amides is 2. The molecule has 9 nitrogen and oxygen atoms in total. The average molecular weight is 386 g/mol. The highest BCUT2D eigenvalue weighted by Crippen LogP contribution is 2.30. The maximum atomic E-state index is 12.5. The molecule has 1 fully saturated rings. The van der Waals surface area contributed by atoms with Crippen molar-refractivity contribution in [3.63, 3.8) is 0 Å². The van der Waals surface area contributed by atoms with E-state index in [1.165, 1.54) is 42.5 Å². The molecular formula is C17H12N3O6S-. The summed E-state index contributed by atoms with van der Waals surface area (Å²) in [6.07, 6.45) is 0. The Morgan fingerprint density at radius 3 is 2.52 bits per heavy atom. The van der Waals surface area contributed by atoms with Crippen LogP contribution in [0.3, 0.4) is 0 Å². The molecule has 2 amide bonds. The number of nitrogens with one attached hydrogen (secondary N) is 1. The van der Waals surface area contributed by atoms with Gasteiger partial charge in [0.25, 0.3) is 16.8 Å². The molecule has 0 radical (unpaired) electrons. The Morgan fingerprint density at radius 2 is 1.89 bits per heavy atom. The number of benzene rings is 2. The van der Waals surface area contributed by atoms with E-state index in [-0.39, 0.29) is 17.8 Å². The predicted octanol–water partition coefficient (Wildman–Crippen LogP) is 1.59. The molecular weight excluding hydrogens is 374 g/mol. The van der Waals surface area contributed by atoms with Crippen molar-refractivity contribution in [3.8, 4) is 0 Å². The third kappa shape index (κ3) is 4.06. The second-order valence-electron chi connectivity index (χ2n) is 5.62. The van der Waals surface area contributed by atoms with Crippen molar-refractivity contribution in [2.45, 2.75) is 11.9 Å². The Bertz CT molecular complexity index is 931. The molecule has 1 N–H and O–H groups in total. The summed E-state index contributed by atoms with van der Waals surface area (Å²) in [5.41, 5.74) is 0.805. The van der Waals surface area contributed by atoms with Gasteiger partial charge in [0.2, 0.25) is 0 Å². The lowest BCUT2D eigenvalue weighted by molar-refractivity contribution is -0.384. The molecule has 1 atom stereocenters. The monoisotopic (exact) mass is 386 g/mol. The summed E-state index contributed by atoms with van der Waals surface area (Å²) in [6.45, 7) is -0.0140. The molecule has 0 saturated carbocycles. The standard InChI is InChI=1S/C17H13N3O6S/c21-15-14(18-12-3-1-2-11(8-12)16(22)23)27-17(24)19(15)9-10-4-6-13(7-5-10)20(25)26/h1-8,14,18H,9H2,(H,22,23)/p-1/t14-/m1/s1.